The summed E-state index contributed by atoms with van der Waals surface area (Å²) in [4.78, 5) is 4.41. The van der Waals surface area contributed by atoms with E-state index in [0.29, 0.717) is 17.0 Å². The normalized spacial score (nSPS) is 17.7. The molecule has 21 heavy (non-hydrogen) atoms. The molecule has 2 aromatic rings. The topological polar surface area (TPSA) is 24.4 Å². The number of halogens is 3. The van der Waals surface area contributed by atoms with Crippen molar-refractivity contribution in [2.45, 2.75) is 6.04 Å². The molecule has 0 saturated carbocycles. The zero-order chi connectivity index (χ0) is 14.8. The van der Waals surface area contributed by atoms with Gasteiger partial charge in [-0.15, -0.1) is 0 Å². The van der Waals surface area contributed by atoms with Gasteiger partial charge >= 0.3 is 0 Å². The Labute approximate surface area is 124 Å². The molecule has 0 aromatic heterocycles. The summed E-state index contributed by atoms with van der Waals surface area (Å²) in [6, 6.07) is 11.1. The van der Waals surface area contributed by atoms with Gasteiger partial charge in [-0.05, 0) is 5.56 Å². The maximum atomic E-state index is 13.6. The van der Waals surface area contributed by atoms with Crippen molar-refractivity contribution < 1.29 is 13.2 Å². The molecular formula is C15H11F3N2S. The predicted octanol–water partition coefficient (Wildman–Crippen LogP) is 4.36. The number of hydrogen-bond donors (Lipinski definition) is 1. The smallest absolute Gasteiger partial charge is 0.182 e. The van der Waals surface area contributed by atoms with Crippen LogP contribution in [0.1, 0.15) is 11.6 Å². The summed E-state index contributed by atoms with van der Waals surface area (Å²) in [5, 5.41) is 3.10. The summed E-state index contributed by atoms with van der Waals surface area (Å²) >= 11 is 1.39. The molecule has 1 N–H and O–H groups in total. The van der Waals surface area contributed by atoms with Crippen LogP contribution in [0, 0.1) is 17.5 Å². The molecule has 1 aliphatic heterocycles. The molecule has 108 valence electrons. The quantitative estimate of drug-likeness (QED) is 0.834. The van der Waals surface area contributed by atoms with Gasteiger partial charge < -0.3 is 5.32 Å². The van der Waals surface area contributed by atoms with E-state index in [2.05, 4.69) is 10.3 Å². The summed E-state index contributed by atoms with van der Waals surface area (Å²) in [6.45, 7) is 0. The van der Waals surface area contributed by atoms with Crippen molar-refractivity contribution in [3.8, 4) is 0 Å². The van der Waals surface area contributed by atoms with E-state index in [9.17, 15) is 13.2 Å². The average Bonchev–Trinajstić information content (AvgIpc) is 2.94. The third kappa shape index (κ3) is 3.05. The second kappa shape index (κ2) is 5.81. The lowest BCUT2D eigenvalue weighted by molar-refractivity contribution is 0.498. The Morgan fingerprint density at radius 3 is 2.62 bits per heavy atom. The summed E-state index contributed by atoms with van der Waals surface area (Å²) < 4.78 is 39.9. The van der Waals surface area contributed by atoms with Gasteiger partial charge in [-0.2, -0.15) is 0 Å². The standard InChI is InChI=1S/C15H11F3N2S/c16-10-6-11(17)14(18)12(7-10)19-15-20-13(8-21-15)9-4-2-1-3-5-9/h1-7,13H,8H2,(H,19,20). The van der Waals surface area contributed by atoms with Gasteiger partial charge in [0.1, 0.15) is 5.82 Å². The molecular weight excluding hydrogens is 297 g/mol. The molecule has 2 nitrogen and oxygen atoms in total. The van der Waals surface area contributed by atoms with Gasteiger partial charge in [0.05, 0.1) is 11.7 Å². The molecule has 3 rings (SSSR count). The van der Waals surface area contributed by atoms with Crippen molar-refractivity contribution in [2.75, 3.05) is 11.1 Å². The molecule has 1 atom stereocenters. The fourth-order valence-electron chi connectivity index (χ4n) is 2.05. The zero-order valence-electron chi connectivity index (χ0n) is 10.8. The van der Waals surface area contributed by atoms with Gasteiger partial charge in [-0.1, -0.05) is 42.1 Å². The molecule has 1 unspecified atom stereocenters. The van der Waals surface area contributed by atoms with Gasteiger partial charge in [0.2, 0.25) is 0 Å². The summed E-state index contributed by atoms with van der Waals surface area (Å²) in [7, 11) is 0. The van der Waals surface area contributed by atoms with Crippen LogP contribution in [-0.4, -0.2) is 10.9 Å². The lowest BCUT2D eigenvalue weighted by Crippen LogP contribution is -2.08. The molecule has 0 amide bonds. The second-order valence-corrected chi connectivity index (χ2v) is 5.55. The third-order valence-electron chi connectivity index (χ3n) is 3.07. The maximum Gasteiger partial charge on any atom is 0.182 e. The Hall–Kier alpha value is -1.95. The molecule has 1 aliphatic rings. The minimum absolute atomic E-state index is 0.0415. The van der Waals surface area contributed by atoms with Crippen LogP contribution >= 0.6 is 11.8 Å². The molecule has 0 bridgehead atoms. The van der Waals surface area contributed by atoms with E-state index < -0.39 is 17.5 Å². The first-order valence-corrected chi connectivity index (χ1v) is 7.29. The number of nitrogens with one attached hydrogen (secondary N) is 1. The lowest BCUT2D eigenvalue weighted by atomic mass is 10.1. The van der Waals surface area contributed by atoms with Gasteiger partial charge in [0, 0.05) is 17.9 Å². The molecule has 0 radical (unpaired) electrons. The fraction of sp³-hybridized carbons (Fsp3) is 0.133. The van der Waals surface area contributed by atoms with Crippen LogP contribution in [0.3, 0.4) is 0 Å². The highest BCUT2D eigenvalue weighted by atomic mass is 32.2. The van der Waals surface area contributed by atoms with Crippen molar-refractivity contribution in [2.24, 2.45) is 4.99 Å². The van der Waals surface area contributed by atoms with Gasteiger partial charge in [-0.25, -0.2) is 13.2 Å². The highest BCUT2D eigenvalue weighted by Gasteiger charge is 2.21. The Morgan fingerprint density at radius 2 is 1.86 bits per heavy atom. The number of aliphatic imine (C=N–C) groups is 1. The number of hydrogen-bond acceptors (Lipinski definition) is 3. The van der Waals surface area contributed by atoms with Crippen molar-refractivity contribution in [1.82, 2.24) is 0 Å². The first kappa shape index (κ1) is 14.0. The van der Waals surface area contributed by atoms with Gasteiger partial charge in [-0.3, -0.25) is 4.99 Å². The lowest BCUT2D eigenvalue weighted by Gasteiger charge is -2.07. The van der Waals surface area contributed by atoms with Crippen molar-refractivity contribution in [1.29, 1.82) is 0 Å². The average molecular weight is 308 g/mol. The fourth-order valence-corrected chi connectivity index (χ4v) is 3.02. The molecule has 0 aliphatic carbocycles. The number of thioether (sulfide) groups is 1. The van der Waals surface area contributed by atoms with Crippen LogP contribution in [0.5, 0.6) is 0 Å². The maximum absolute atomic E-state index is 13.6. The molecule has 0 saturated heterocycles. The molecule has 2 aromatic carbocycles. The molecule has 0 spiro atoms. The summed E-state index contributed by atoms with van der Waals surface area (Å²) in [5.41, 5.74) is 0.806. The largest absolute Gasteiger partial charge is 0.332 e. The first-order valence-electron chi connectivity index (χ1n) is 6.30. The Kier molecular flexibility index (Phi) is 3.88. The van der Waals surface area contributed by atoms with Gasteiger partial charge in [0.15, 0.2) is 16.8 Å². The predicted molar refractivity (Wildman–Crippen MR) is 79.0 cm³/mol. The number of anilines is 1. The van der Waals surface area contributed by atoms with Crippen LogP contribution < -0.4 is 5.32 Å². The first-order chi connectivity index (χ1) is 10.1. The minimum atomic E-state index is -1.22. The Morgan fingerprint density at radius 1 is 1.10 bits per heavy atom. The van der Waals surface area contributed by atoms with E-state index in [1.54, 1.807) is 0 Å². The number of rotatable bonds is 2. The number of amidine groups is 1. The van der Waals surface area contributed by atoms with Crippen LogP contribution in [0.25, 0.3) is 0 Å². The highest BCUT2D eigenvalue weighted by molar-refractivity contribution is 8.14. The van der Waals surface area contributed by atoms with E-state index in [-0.39, 0.29) is 11.7 Å². The zero-order valence-corrected chi connectivity index (χ0v) is 11.6. The van der Waals surface area contributed by atoms with Crippen molar-refractivity contribution in [3.05, 3.63) is 65.5 Å². The minimum Gasteiger partial charge on any atom is -0.332 e. The summed E-state index contributed by atoms with van der Waals surface area (Å²) in [6.07, 6.45) is 0. The highest BCUT2D eigenvalue weighted by Crippen LogP contribution is 2.31. The molecule has 0 fully saturated rings. The second-order valence-electron chi connectivity index (χ2n) is 4.55. The van der Waals surface area contributed by atoms with E-state index in [0.717, 1.165) is 11.6 Å². The van der Waals surface area contributed by atoms with E-state index in [4.69, 9.17) is 0 Å². The Balaban J connectivity index is 1.81. The van der Waals surface area contributed by atoms with Crippen LogP contribution in [-0.2, 0) is 0 Å². The number of nitrogens with zero attached hydrogens (tertiary/aromatic N) is 1. The molecule has 6 heteroatoms. The van der Waals surface area contributed by atoms with E-state index in [1.807, 2.05) is 30.3 Å². The van der Waals surface area contributed by atoms with Crippen LogP contribution in [0.15, 0.2) is 47.5 Å². The SMILES string of the molecule is Fc1cc(F)c(F)c(NC2=NC(c3ccccc3)CS2)c1. The van der Waals surface area contributed by atoms with E-state index >= 15 is 0 Å². The molecule has 1 heterocycles. The van der Waals surface area contributed by atoms with Gasteiger partial charge in [0.25, 0.3) is 0 Å². The van der Waals surface area contributed by atoms with Crippen LogP contribution in [0.4, 0.5) is 18.9 Å². The Bertz CT molecular complexity index is 689. The van der Waals surface area contributed by atoms with E-state index in [1.165, 1.54) is 11.8 Å². The monoisotopic (exact) mass is 308 g/mol. The number of benzene rings is 2. The van der Waals surface area contributed by atoms with Crippen molar-refractivity contribution >= 4 is 22.6 Å². The van der Waals surface area contributed by atoms with Crippen molar-refractivity contribution in [3.63, 3.8) is 0 Å². The summed E-state index contributed by atoms with van der Waals surface area (Å²) in [5.74, 6) is -2.46. The third-order valence-corrected chi connectivity index (χ3v) is 4.03. The van der Waals surface area contributed by atoms with Crippen LogP contribution in [0.2, 0.25) is 0 Å².